The zero-order valence-corrected chi connectivity index (χ0v) is 14.8. The number of amidine groups is 1. The number of methoxy groups -OCH3 is 1. The Balaban J connectivity index is 2.11. The highest BCUT2D eigenvalue weighted by molar-refractivity contribution is 5.97. The number of rotatable bonds is 7. The predicted molar refractivity (Wildman–Crippen MR) is 105 cm³/mol. The molecule has 0 amide bonds. The fourth-order valence-corrected chi connectivity index (χ4v) is 2.35. The molecular formula is C18H23N7O. The van der Waals surface area contributed by atoms with Crippen molar-refractivity contribution in [2.75, 3.05) is 20.8 Å². The number of nitrogens with one attached hydrogen (secondary N) is 5. The molecule has 0 unspecified atom stereocenters. The molecule has 0 radical (unpaired) electrons. The van der Waals surface area contributed by atoms with E-state index in [1.165, 1.54) is 12.4 Å². The quantitative estimate of drug-likeness (QED) is 0.300. The van der Waals surface area contributed by atoms with Gasteiger partial charge in [-0.25, -0.2) is 0 Å². The lowest BCUT2D eigenvalue weighted by atomic mass is 10.0. The Labute approximate surface area is 152 Å². The lowest BCUT2D eigenvalue weighted by Crippen LogP contribution is -2.34. The van der Waals surface area contributed by atoms with Crippen LogP contribution in [0.25, 0.3) is 0 Å². The first-order chi connectivity index (χ1) is 12.6. The zero-order valence-electron chi connectivity index (χ0n) is 14.8. The summed E-state index contributed by atoms with van der Waals surface area (Å²) >= 11 is 0. The largest absolute Gasteiger partial charge is 0.404 e. The number of allylic oxidation sites excluding steroid dienone is 5. The highest BCUT2D eigenvalue weighted by Crippen LogP contribution is 2.21. The molecule has 2 rings (SSSR count). The molecule has 0 aromatic rings. The first kappa shape index (κ1) is 18.9. The lowest BCUT2D eigenvalue weighted by molar-refractivity contribution is 0.230. The summed E-state index contributed by atoms with van der Waals surface area (Å²) < 4.78 is 4.99. The fraction of sp³-hybridized carbons (Fsp3) is 0.167. The molecular weight excluding hydrogens is 330 g/mol. The van der Waals surface area contributed by atoms with Gasteiger partial charge >= 0.3 is 0 Å². The third-order valence-electron chi connectivity index (χ3n) is 3.54. The number of ether oxygens (including phenoxy) is 1. The van der Waals surface area contributed by atoms with Gasteiger partial charge in [0.25, 0.3) is 0 Å². The predicted octanol–water partition coefficient (Wildman–Crippen LogP) is 1.02. The molecule has 0 bridgehead atoms. The van der Waals surface area contributed by atoms with E-state index in [-0.39, 0.29) is 12.4 Å². The zero-order chi connectivity index (χ0) is 18.9. The topological polar surface area (TPSA) is 131 Å². The minimum Gasteiger partial charge on any atom is -0.404 e. The summed E-state index contributed by atoms with van der Waals surface area (Å²) in [6.45, 7) is 0.278. The molecule has 136 valence electrons. The highest BCUT2D eigenvalue weighted by Gasteiger charge is 2.16. The summed E-state index contributed by atoms with van der Waals surface area (Å²) in [6, 6.07) is 0. The molecule has 0 aliphatic carbocycles. The second kappa shape index (κ2) is 9.19. The number of hydrogen-bond donors (Lipinski definition) is 6. The van der Waals surface area contributed by atoms with Gasteiger partial charge in [-0.15, -0.1) is 0 Å². The van der Waals surface area contributed by atoms with Gasteiger partial charge in [0, 0.05) is 50.1 Å². The van der Waals surface area contributed by atoms with Crippen LogP contribution < -0.4 is 21.7 Å². The number of aliphatic imine (C=N–C) groups is 1. The summed E-state index contributed by atoms with van der Waals surface area (Å²) in [5.74, 6) is 0.797. The van der Waals surface area contributed by atoms with Gasteiger partial charge in [-0.1, -0.05) is 0 Å². The van der Waals surface area contributed by atoms with E-state index in [4.69, 9.17) is 21.3 Å². The maximum atomic E-state index is 8.02. The molecule has 0 fully saturated rings. The first-order valence-corrected chi connectivity index (χ1v) is 7.89. The Morgan fingerprint density at radius 1 is 1.38 bits per heavy atom. The molecule has 26 heavy (non-hydrogen) atoms. The summed E-state index contributed by atoms with van der Waals surface area (Å²) in [7, 11) is 3.24. The van der Waals surface area contributed by atoms with Crippen molar-refractivity contribution in [3.05, 3.63) is 70.6 Å². The van der Waals surface area contributed by atoms with Gasteiger partial charge < -0.3 is 31.8 Å². The van der Waals surface area contributed by atoms with Gasteiger partial charge in [0.15, 0.2) is 0 Å². The Morgan fingerprint density at radius 2 is 2.19 bits per heavy atom. The van der Waals surface area contributed by atoms with Crippen molar-refractivity contribution in [3.63, 3.8) is 0 Å². The van der Waals surface area contributed by atoms with E-state index in [2.05, 4.69) is 20.9 Å². The molecule has 0 saturated carbocycles. The maximum Gasteiger partial charge on any atom is 0.123 e. The molecule has 0 atom stereocenters. The van der Waals surface area contributed by atoms with E-state index < -0.39 is 0 Å². The molecule has 0 aromatic heterocycles. The van der Waals surface area contributed by atoms with Gasteiger partial charge in [0.1, 0.15) is 11.7 Å². The molecule has 8 nitrogen and oxygen atoms in total. The van der Waals surface area contributed by atoms with Crippen molar-refractivity contribution in [2.24, 2.45) is 10.7 Å². The van der Waals surface area contributed by atoms with Crippen molar-refractivity contribution < 1.29 is 4.74 Å². The van der Waals surface area contributed by atoms with Crippen LogP contribution in [-0.4, -0.2) is 39.0 Å². The van der Waals surface area contributed by atoms with Crippen molar-refractivity contribution in [2.45, 2.75) is 0 Å². The number of hydrogen-bond acceptors (Lipinski definition) is 7. The van der Waals surface area contributed by atoms with Gasteiger partial charge in [0.05, 0.1) is 18.0 Å². The lowest BCUT2D eigenvalue weighted by Gasteiger charge is -2.25. The monoisotopic (exact) mass is 353 g/mol. The van der Waals surface area contributed by atoms with Crippen LogP contribution in [0.4, 0.5) is 0 Å². The van der Waals surface area contributed by atoms with E-state index in [1.54, 1.807) is 26.4 Å². The van der Waals surface area contributed by atoms with E-state index in [9.17, 15) is 0 Å². The average molecular weight is 353 g/mol. The van der Waals surface area contributed by atoms with E-state index in [0.717, 1.165) is 22.5 Å². The minimum atomic E-state index is 0.150. The molecule has 7 N–H and O–H groups in total. The van der Waals surface area contributed by atoms with Gasteiger partial charge in [-0.05, 0) is 29.9 Å². The Bertz CT molecular complexity index is 794. The van der Waals surface area contributed by atoms with Crippen LogP contribution in [0.1, 0.15) is 0 Å². The normalized spacial score (nSPS) is 17.2. The maximum absolute atomic E-state index is 8.02. The Kier molecular flexibility index (Phi) is 6.69. The van der Waals surface area contributed by atoms with Crippen molar-refractivity contribution in [1.82, 2.24) is 16.0 Å². The SMILES string of the molecule is CN=CC(=CN)C1=CNC2=CC=C(NC(=N)C=C(C=N)COC)NC2=C1. The van der Waals surface area contributed by atoms with E-state index in [1.807, 2.05) is 24.4 Å². The van der Waals surface area contributed by atoms with Crippen LogP contribution >= 0.6 is 0 Å². The molecule has 0 aromatic carbocycles. The van der Waals surface area contributed by atoms with Gasteiger partial charge in [0.2, 0.25) is 0 Å². The van der Waals surface area contributed by atoms with Crippen LogP contribution in [-0.2, 0) is 4.74 Å². The van der Waals surface area contributed by atoms with Crippen LogP contribution in [0.2, 0.25) is 0 Å². The standard InChI is InChI=1S/C18H23N7O/c1-22-9-14(8-20)13-6-16-15(23-10-13)3-4-18(24-16)25-17(21)5-12(7-19)11-26-2/h3-10,19,23-24H,11,20H2,1-2H3,(H2,21,25). The minimum absolute atomic E-state index is 0.150. The van der Waals surface area contributed by atoms with Crippen LogP contribution in [0.5, 0.6) is 0 Å². The third-order valence-corrected chi connectivity index (χ3v) is 3.54. The number of nitrogens with zero attached hydrogens (tertiary/aromatic N) is 1. The second-order valence-corrected chi connectivity index (χ2v) is 5.43. The summed E-state index contributed by atoms with van der Waals surface area (Å²) in [6.07, 6.45) is 13.4. The smallest absolute Gasteiger partial charge is 0.123 e. The van der Waals surface area contributed by atoms with Gasteiger partial charge in [-0.3, -0.25) is 10.4 Å². The van der Waals surface area contributed by atoms with E-state index >= 15 is 0 Å². The molecule has 0 spiro atoms. The summed E-state index contributed by atoms with van der Waals surface area (Å²) in [5.41, 5.74) is 9.69. The molecule has 8 heteroatoms. The third kappa shape index (κ3) is 4.81. The summed E-state index contributed by atoms with van der Waals surface area (Å²) in [5, 5.41) is 24.7. The van der Waals surface area contributed by atoms with Crippen LogP contribution in [0, 0.1) is 10.8 Å². The Hall–Kier alpha value is -3.39. The first-order valence-electron chi connectivity index (χ1n) is 7.89. The molecule has 0 saturated heterocycles. The van der Waals surface area contributed by atoms with Crippen molar-refractivity contribution in [3.8, 4) is 0 Å². The number of fused-ring (bicyclic) bond motifs is 1. The number of nitrogens with two attached hydrogens (primary N) is 1. The van der Waals surface area contributed by atoms with Crippen LogP contribution in [0.3, 0.4) is 0 Å². The average Bonchev–Trinajstić information content (AvgIpc) is 2.65. The van der Waals surface area contributed by atoms with E-state index in [0.29, 0.717) is 11.4 Å². The van der Waals surface area contributed by atoms with Crippen molar-refractivity contribution >= 4 is 18.3 Å². The van der Waals surface area contributed by atoms with Gasteiger partial charge in [-0.2, -0.15) is 0 Å². The highest BCUT2D eigenvalue weighted by atomic mass is 16.5. The Morgan fingerprint density at radius 3 is 2.85 bits per heavy atom. The fourth-order valence-electron chi connectivity index (χ4n) is 2.35. The van der Waals surface area contributed by atoms with Crippen LogP contribution in [0.15, 0.2) is 75.6 Å². The summed E-state index contributed by atoms with van der Waals surface area (Å²) in [4.78, 5) is 4.00. The molecule has 2 aliphatic rings. The molecule has 2 aliphatic heterocycles. The van der Waals surface area contributed by atoms with Crippen molar-refractivity contribution in [1.29, 1.82) is 10.8 Å². The number of dihydropyridines is 2. The molecule has 2 heterocycles. The second-order valence-electron chi connectivity index (χ2n) is 5.43.